The lowest BCUT2D eigenvalue weighted by molar-refractivity contribution is -0.273. The van der Waals surface area contributed by atoms with Crippen molar-refractivity contribution in [3.63, 3.8) is 0 Å². The van der Waals surface area contributed by atoms with E-state index in [2.05, 4.69) is 31.9 Å². The Morgan fingerprint density at radius 3 is 1.47 bits per heavy atom. The topological polar surface area (TPSA) is 17.1 Å². The highest BCUT2D eigenvalue weighted by Crippen LogP contribution is 2.43. The van der Waals surface area contributed by atoms with Gasteiger partial charge in [-0.05, 0) is 13.8 Å². The molecule has 0 heterocycles. The highest BCUT2D eigenvalue weighted by atomic mass is 79.9. The van der Waals surface area contributed by atoms with Crippen LogP contribution in [0.25, 0.3) is 0 Å². The molecule has 9 heteroatoms. The average molecular weight is 394 g/mol. The Morgan fingerprint density at radius 2 is 1.29 bits per heavy atom. The summed E-state index contributed by atoms with van der Waals surface area (Å²) >= 11 is 5.40. The van der Waals surface area contributed by atoms with E-state index in [1.54, 1.807) is 0 Å². The molecule has 0 spiro atoms. The quantitative estimate of drug-likeness (QED) is 0.518. The molecule has 0 aromatic heterocycles. The zero-order chi connectivity index (χ0) is 14.2. The molecule has 0 saturated carbocycles. The molecule has 0 aromatic rings. The van der Waals surface area contributed by atoms with Gasteiger partial charge in [-0.1, -0.05) is 31.9 Å². The molecule has 0 amide bonds. The van der Waals surface area contributed by atoms with E-state index in [-0.39, 0.29) is 0 Å². The summed E-state index contributed by atoms with van der Waals surface area (Å²) in [4.78, 5) is 9.66. The highest BCUT2D eigenvalue weighted by Gasteiger charge is 2.62. The van der Waals surface area contributed by atoms with Crippen molar-refractivity contribution in [2.75, 3.05) is 0 Å². The molecule has 0 saturated heterocycles. The van der Waals surface area contributed by atoms with Crippen molar-refractivity contribution in [3.05, 3.63) is 0 Å². The van der Waals surface area contributed by atoms with Crippen molar-refractivity contribution in [1.82, 2.24) is 0 Å². The molecule has 1 nitrogen and oxygen atoms in total. The van der Waals surface area contributed by atoms with E-state index in [0.29, 0.717) is 0 Å². The van der Waals surface area contributed by atoms with E-state index in [9.17, 15) is 31.1 Å². The summed E-state index contributed by atoms with van der Waals surface area (Å²) in [6.07, 6.45) is -11.3. The number of carbonyl (C=O) groups excluding carboxylic acids is 1. The zero-order valence-corrected chi connectivity index (χ0v) is 11.8. The van der Waals surface area contributed by atoms with Crippen LogP contribution in [-0.4, -0.2) is 27.3 Å². The number of ketones is 1. The van der Waals surface area contributed by atoms with Crippen LogP contribution >= 0.6 is 31.9 Å². The number of carbonyl (C=O) groups is 1. The summed E-state index contributed by atoms with van der Waals surface area (Å²) in [5, 5.41) is 0. The zero-order valence-electron chi connectivity index (χ0n) is 8.59. The predicted molar refractivity (Wildman–Crippen MR) is 56.3 cm³/mol. The number of alkyl halides is 8. The molecule has 0 rings (SSSR count). The first-order valence-electron chi connectivity index (χ1n) is 4.19. The minimum atomic E-state index is -5.65. The first-order valence-corrected chi connectivity index (χ1v) is 5.90. The van der Waals surface area contributed by atoms with Crippen LogP contribution in [0.2, 0.25) is 0 Å². The van der Waals surface area contributed by atoms with Crippen LogP contribution in [0.5, 0.6) is 0 Å². The third kappa shape index (κ3) is 4.76. The summed E-state index contributed by atoms with van der Waals surface area (Å²) in [5.74, 6) is -5.94. The Hall–Kier alpha value is 0.210. The molecule has 0 N–H and O–H groups in total. The smallest absolute Gasteiger partial charge is 0.297 e. The Balaban J connectivity index is 5.32. The maximum atomic E-state index is 12.2. The number of hydrogen-bond acceptors (Lipinski definition) is 1. The second-order valence-electron chi connectivity index (χ2n) is 3.85. The van der Waals surface area contributed by atoms with Gasteiger partial charge in [0.05, 0.1) is 4.83 Å². The van der Waals surface area contributed by atoms with E-state index in [1.165, 1.54) is 13.8 Å². The lowest BCUT2D eigenvalue weighted by atomic mass is 9.95. The van der Waals surface area contributed by atoms with Gasteiger partial charge in [-0.2, -0.15) is 26.3 Å². The Bertz CT molecular complexity index is 276. The maximum absolute atomic E-state index is 12.2. The minimum Gasteiger partial charge on any atom is -0.297 e. The highest BCUT2D eigenvalue weighted by molar-refractivity contribution is 9.12. The lowest BCUT2D eigenvalue weighted by Crippen LogP contribution is -2.48. The number of hydrogen-bond donors (Lipinski definition) is 0. The van der Waals surface area contributed by atoms with Gasteiger partial charge in [-0.15, -0.1) is 0 Å². The van der Waals surface area contributed by atoms with Gasteiger partial charge in [0.2, 0.25) is 5.92 Å². The lowest BCUT2D eigenvalue weighted by Gasteiger charge is -2.28. The fourth-order valence-electron chi connectivity index (χ4n) is 0.993. The molecular weight excluding hydrogens is 386 g/mol. The van der Waals surface area contributed by atoms with Crippen molar-refractivity contribution in [2.24, 2.45) is 5.92 Å². The Labute approximate surface area is 110 Å². The van der Waals surface area contributed by atoms with Gasteiger partial charge in [0.15, 0.2) is 5.78 Å². The number of halogens is 8. The third-order valence-electron chi connectivity index (χ3n) is 1.79. The molecule has 0 aliphatic rings. The fraction of sp³-hybridized carbons (Fsp3) is 0.875. The SMILES string of the molecule is CC(C)(Br)C(Br)C(=O)C(C(F)(F)F)C(F)(F)F. The molecule has 0 aliphatic heterocycles. The van der Waals surface area contributed by atoms with Gasteiger partial charge in [-0.25, -0.2) is 0 Å². The molecule has 0 aromatic carbocycles. The van der Waals surface area contributed by atoms with Gasteiger partial charge < -0.3 is 0 Å². The summed E-state index contributed by atoms with van der Waals surface area (Å²) < 4.78 is 72.2. The van der Waals surface area contributed by atoms with E-state index < -0.39 is 33.2 Å². The second-order valence-corrected chi connectivity index (χ2v) is 6.81. The van der Waals surface area contributed by atoms with Gasteiger partial charge in [-0.3, -0.25) is 4.79 Å². The molecule has 1 atom stereocenters. The standard InChI is InChI=1S/C8H8Br2F6O/c1-6(2,10)5(9)3(17)4(7(11,12)13)8(14,15)16/h4-5H,1-2H3. The van der Waals surface area contributed by atoms with E-state index in [4.69, 9.17) is 0 Å². The monoisotopic (exact) mass is 392 g/mol. The van der Waals surface area contributed by atoms with Crippen molar-refractivity contribution in [1.29, 1.82) is 0 Å². The summed E-state index contributed by atoms with van der Waals surface area (Å²) in [5.41, 5.74) is 0. The van der Waals surface area contributed by atoms with Crippen molar-refractivity contribution in [3.8, 4) is 0 Å². The molecule has 0 bridgehead atoms. The molecule has 0 aliphatic carbocycles. The first kappa shape index (κ1) is 17.2. The first-order chi connectivity index (χ1) is 7.19. The van der Waals surface area contributed by atoms with E-state index in [1.807, 2.05) is 0 Å². The van der Waals surface area contributed by atoms with Gasteiger partial charge >= 0.3 is 12.4 Å². The summed E-state index contributed by atoms with van der Waals surface area (Å²) in [6.45, 7) is 2.57. The second kappa shape index (κ2) is 5.07. The minimum absolute atomic E-state index is 1.22. The van der Waals surface area contributed by atoms with Crippen LogP contribution in [0, 0.1) is 5.92 Å². The molecule has 102 valence electrons. The Morgan fingerprint density at radius 1 is 1.00 bits per heavy atom. The van der Waals surface area contributed by atoms with E-state index >= 15 is 0 Å². The molecular formula is C8H8Br2F6O. The molecule has 1 unspecified atom stereocenters. The number of rotatable bonds is 3. The summed E-state index contributed by atoms with van der Waals surface area (Å²) in [7, 11) is 0. The van der Waals surface area contributed by atoms with Crippen LogP contribution in [-0.2, 0) is 4.79 Å². The van der Waals surface area contributed by atoms with Crippen molar-refractivity contribution >= 4 is 37.6 Å². The summed E-state index contributed by atoms with van der Waals surface area (Å²) in [6, 6.07) is 0. The van der Waals surface area contributed by atoms with E-state index in [0.717, 1.165) is 0 Å². The van der Waals surface area contributed by atoms with Gasteiger partial charge in [0, 0.05) is 4.32 Å². The Kier molecular flexibility index (Phi) is 5.13. The van der Waals surface area contributed by atoms with Crippen molar-refractivity contribution in [2.45, 2.75) is 35.4 Å². The maximum Gasteiger partial charge on any atom is 0.407 e. The molecule has 17 heavy (non-hydrogen) atoms. The predicted octanol–water partition coefficient (Wildman–Crippen LogP) is 4.23. The molecule has 0 fully saturated rings. The largest absolute Gasteiger partial charge is 0.407 e. The molecule has 0 radical (unpaired) electrons. The van der Waals surface area contributed by atoms with Crippen molar-refractivity contribution < 1.29 is 31.1 Å². The fourth-order valence-corrected chi connectivity index (χ4v) is 1.48. The van der Waals surface area contributed by atoms with Crippen LogP contribution in [0.3, 0.4) is 0 Å². The van der Waals surface area contributed by atoms with Crippen LogP contribution < -0.4 is 0 Å². The normalized spacial score (nSPS) is 16.2. The average Bonchev–Trinajstić information content (AvgIpc) is 1.94. The van der Waals surface area contributed by atoms with Gasteiger partial charge in [0.1, 0.15) is 0 Å². The van der Waals surface area contributed by atoms with Crippen LogP contribution in [0.1, 0.15) is 13.8 Å². The number of Topliss-reactive ketones (excluding diaryl/α,β-unsaturated/α-hetero) is 1. The van der Waals surface area contributed by atoms with Crippen LogP contribution in [0.15, 0.2) is 0 Å². The van der Waals surface area contributed by atoms with Gasteiger partial charge in [0.25, 0.3) is 0 Å². The van der Waals surface area contributed by atoms with Crippen LogP contribution in [0.4, 0.5) is 26.3 Å². The third-order valence-corrected chi connectivity index (χ3v) is 4.46.